The van der Waals surface area contributed by atoms with Gasteiger partial charge in [0.25, 0.3) is 0 Å². The Morgan fingerprint density at radius 2 is 2.21 bits per heavy atom. The topological polar surface area (TPSA) is 32.7 Å². The number of para-hydroxylation sites is 2. The highest BCUT2D eigenvalue weighted by molar-refractivity contribution is 9.10. The van der Waals surface area contributed by atoms with Crippen molar-refractivity contribution < 1.29 is 4.79 Å². The zero-order chi connectivity index (χ0) is 10.2. The number of likely N-dealkylation sites (N-methyl/N-ethyl adjacent to an activating group) is 1. The molecule has 0 radical (unpaired) electrons. The zero-order valence-corrected chi connectivity index (χ0v) is 9.23. The molecule has 0 spiro atoms. The van der Waals surface area contributed by atoms with E-state index in [9.17, 15) is 4.79 Å². The lowest BCUT2D eigenvalue weighted by Gasteiger charge is -2.34. The van der Waals surface area contributed by atoms with Crippen LogP contribution in [0.15, 0.2) is 29.3 Å². The van der Waals surface area contributed by atoms with Crippen LogP contribution < -0.4 is 4.90 Å². The predicted octanol–water partition coefficient (Wildman–Crippen LogP) is 2.13. The number of carbonyl (C=O) groups is 1. The Morgan fingerprint density at radius 1 is 1.50 bits per heavy atom. The molecule has 1 aromatic carbocycles. The molecule has 0 amide bonds. The molecule has 0 N–H and O–H groups in total. The van der Waals surface area contributed by atoms with Crippen molar-refractivity contribution in [3.05, 3.63) is 24.3 Å². The Morgan fingerprint density at radius 3 is 2.93 bits per heavy atom. The lowest BCUT2D eigenvalue weighted by Crippen LogP contribution is -2.45. The summed E-state index contributed by atoms with van der Waals surface area (Å²) in [6.07, 6.45) is 2.43. The van der Waals surface area contributed by atoms with Crippen LogP contribution in [0.1, 0.15) is 0 Å². The number of hydrogen-bond acceptors (Lipinski definition) is 3. The maximum atomic E-state index is 10.9. The number of halogens is 1. The van der Waals surface area contributed by atoms with Crippen LogP contribution in [-0.2, 0) is 4.79 Å². The first-order chi connectivity index (χ1) is 6.67. The number of nitrogens with zero attached hydrogens (tertiary/aromatic N) is 2. The molecule has 0 fully saturated rings. The average molecular weight is 253 g/mol. The van der Waals surface area contributed by atoms with Crippen molar-refractivity contribution in [3.8, 4) is 0 Å². The first-order valence-electron chi connectivity index (χ1n) is 4.21. The van der Waals surface area contributed by atoms with Gasteiger partial charge in [0.2, 0.25) is 0 Å². The monoisotopic (exact) mass is 252 g/mol. The van der Waals surface area contributed by atoms with Gasteiger partial charge in [-0.25, -0.2) is 0 Å². The third-order valence-corrected chi connectivity index (χ3v) is 3.23. The summed E-state index contributed by atoms with van der Waals surface area (Å²) in [5.74, 6) is 0. The number of carbonyl (C=O) groups excluding carboxylic acids is 1. The van der Waals surface area contributed by atoms with Crippen molar-refractivity contribution in [1.29, 1.82) is 0 Å². The van der Waals surface area contributed by atoms with Gasteiger partial charge in [-0.05, 0) is 28.1 Å². The molecule has 0 saturated heterocycles. The Balaban J connectivity index is 2.55. The van der Waals surface area contributed by atoms with E-state index in [1.54, 1.807) is 6.21 Å². The molecule has 0 saturated carbocycles. The number of aldehydes is 1. The lowest BCUT2D eigenvalue weighted by molar-refractivity contribution is -0.108. The molecule has 1 aliphatic rings. The zero-order valence-electron chi connectivity index (χ0n) is 7.64. The summed E-state index contributed by atoms with van der Waals surface area (Å²) in [6, 6.07) is 7.70. The lowest BCUT2D eigenvalue weighted by atomic mass is 10.2. The molecule has 2 rings (SSSR count). The van der Waals surface area contributed by atoms with Crippen LogP contribution in [0.3, 0.4) is 0 Å². The Hall–Kier alpha value is -1.16. The SMILES string of the molecule is CN1c2ccccc2N=CC1(Br)C=O. The molecule has 3 nitrogen and oxygen atoms in total. The van der Waals surface area contributed by atoms with E-state index in [0.29, 0.717) is 0 Å². The summed E-state index contributed by atoms with van der Waals surface area (Å²) in [5.41, 5.74) is 1.82. The minimum Gasteiger partial charge on any atom is -0.347 e. The van der Waals surface area contributed by atoms with E-state index in [0.717, 1.165) is 17.7 Å². The second-order valence-corrected chi connectivity index (χ2v) is 4.42. The number of rotatable bonds is 1. The molecule has 0 bridgehead atoms. The van der Waals surface area contributed by atoms with E-state index in [2.05, 4.69) is 20.9 Å². The summed E-state index contributed by atoms with van der Waals surface area (Å²) < 4.78 is -0.804. The van der Waals surface area contributed by atoms with Gasteiger partial charge in [0.1, 0.15) is 0 Å². The number of aliphatic imine (C=N–C) groups is 1. The smallest absolute Gasteiger partial charge is 0.187 e. The Kier molecular flexibility index (Phi) is 2.15. The second-order valence-electron chi connectivity index (χ2n) is 3.15. The van der Waals surface area contributed by atoms with Gasteiger partial charge >= 0.3 is 0 Å². The number of alkyl halides is 1. The minimum atomic E-state index is -0.804. The van der Waals surface area contributed by atoms with Crippen LogP contribution in [0, 0.1) is 0 Å². The van der Waals surface area contributed by atoms with Crippen LogP contribution in [0.2, 0.25) is 0 Å². The summed E-state index contributed by atoms with van der Waals surface area (Å²) >= 11 is 3.34. The van der Waals surface area contributed by atoms with Crippen molar-refractivity contribution in [3.63, 3.8) is 0 Å². The molecule has 1 aromatic rings. The molecular formula is C10H9BrN2O. The predicted molar refractivity (Wildman–Crippen MR) is 60.7 cm³/mol. The standard InChI is InChI=1S/C10H9BrN2O/c1-13-9-5-3-2-4-8(9)12-6-10(13,11)7-14/h2-7H,1H3. The van der Waals surface area contributed by atoms with Crippen LogP contribution in [0.5, 0.6) is 0 Å². The van der Waals surface area contributed by atoms with Gasteiger partial charge < -0.3 is 4.90 Å². The normalized spacial score (nSPS) is 24.6. The fraction of sp³-hybridized carbons (Fsp3) is 0.200. The third kappa shape index (κ3) is 1.26. The molecular weight excluding hydrogens is 244 g/mol. The molecule has 0 aromatic heterocycles. The minimum absolute atomic E-state index is 0.804. The van der Waals surface area contributed by atoms with Crippen LogP contribution in [0.4, 0.5) is 11.4 Å². The summed E-state index contributed by atoms with van der Waals surface area (Å²) in [6.45, 7) is 0. The fourth-order valence-electron chi connectivity index (χ4n) is 1.40. The van der Waals surface area contributed by atoms with Gasteiger partial charge in [-0.15, -0.1) is 0 Å². The van der Waals surface area contributed by atoms with E-state index in [-0.39, 0.29) is 0 Å². The van der Waals surface area contributed by atoms with Gasteiger partial charge in [-0.1, -0.05) is 12.1 Å². The largest absolute Gasteiger partial charge is 0.347 e. The molecule has 1 heterocycles. The first kappa shape index (κ1) is 9.40. The molecule has 14 heavy (non-hydrogen) atoms. The molecule has 1 unspecified atom stereocenters. The van der Waals surface area contributed by atoms with Crippen LogP contribution >= 0.6 is 15.9 Å². The molecule has 4 heteroatoms. The van der Waals surface area contributed by atoms with Crippen LogP contribution in [0.25, 0.3) is 0 Å². The Labute approximate surface area is 90.6 Å². The third-order valence-electron chi connectivity index (χ3n) is 2.31. The van der Waals surface area contributed by atoms with E-state index in [1.807, 2.05) is 36.2 Å². The number of hydrogen-bond donors (Lipinski definition) is 0. The van der Waals surface area contributed by atoms with E-state index < -0.39 is 4.45 Å². The second kappa shape index (κ2) is 3.20. The average Bonchev–Trinajstić information content (AvgIpc) is 2.24. The number of fused-ring (bicyclic) bond motifs is 1. The van der Waals surface area contributed by atoms with Crippen molar-refractivity contribution in [2.45, 2.75) is 4.45 Å². The molecule has 1 aliphatic heterocycles. The Bertz CT molecular complexity index is 405. The summed E-state index contributed by atoms with van der Waals surface area (Å²) in [7, 11) is 1.85. The van der Waals surface area contributed by atoms with Crippen molar-refractivity contribution in [2.24, 2.45) is 4.99 Å². The summed E-state index contributed by atoms with van der Waals surface area (Å²) in [4.78, 5) is 17.0. The summed E-state index contributed by atoms with van der Waals surface area (Å²) in [5, 5.41) is 0. The molecule has 0 aliphatic carbocycles. The van der Waals surface area contributed by atoms with E-state index in [1.165, 1.54) is 0 Å². The van der Waals surface area contributed by atoms with Gasteiger partial charge in [-0.2, -0.15) is 0 Å². The van der Waals surface area contributed by atoms with Gasteiger partial charge in [0.05, 0.1) is 11.4 Å². The highest BCUT2D eigenvalue weighted by Crippen LogP contribution is 2.37. The van der Waals surface area contributed by atoms with Crippen molar-refractivity contribution in [1.82, 2.24) is 0 Å². The van der Waals surface area contributed by atoms with Crippen molar-refractivity contribution >= 4 is 39.8 Å². The number of benzene rings is 1. The maximum Gasteiger partial charge on any atom is 0.187 e. The van der Waals surface area contributed by atoms with Gasteiger partial charge in [-0.3, -0.25) is 9.79 Å². The van der Waals surface area contributed by atoms with E-state index >= 15 is 0 Å². The van der Waals surface area contributed by atoms with Crippen LogP contribution in [-0.4, -0.2) is 24.0 Å². The molecule has 1 atom stereocenters. The number of anilines is 1. The van der Waals surface area contributed by atoms with Crippen molar-refractivity contribution in [2.75, 3.05) is 11.9 Å². The quantitative estimate of drug-likeness (QED) is 0.436. The fourth-order valence-corrected chi connectivity index (χ4v) is 1.69. The maximum absolute atomic E-state index is 10.9. The highest BCUT2D eigenvalue weighted by atomic mass is 79.9. The van der Waals surface area contributed by atoms with Gasteiger partial charge in [0, 0.05) is 13.3 Å². The molecule has 72 valence electrons. The van der Waals surface area contributed by atoms with Gasteiger partial charge in [0.15, 0.2) is 10.7 Å². The highest BCUT2D eigenvalue weighted by Gasteiger charge is 2.33. The first-order valence-corrected chi connectivity index (χ1v) is 5.00. The van der Waals surface area contributed by atoms with E-state index in [4.69, 9.17) is 0 Å².